The van der Waals surface area contributed by atoms with Crippen molar-refractivity contribution in [3.63, 3.8) is 0 Å². The third-order valence-corrected chi connectivity index (χ3v) is 8.02. The lowest BCUT2D eigenvalue weighted by Gasteiger charge is -2.06. The van der Waals surface area contributed by atoms with Gasteiger partial charge in [0, 0.05) is 10.1 Å². The van der Waals surface area contributed by atoms with Crippen LogP contribution in [-0.4, -0.2) is 33.1 Å². The van der Waals surface area contributed by atoms with E-state index in [0.29, 0.717) is 15.5 Å². The maximum atomic E-state index is 12.6. The molecule has 0 aliphatic carbocycles. The number of aryl methyl sites for hydroxylation is 1. The number of nitrogens with zero attached hydrogens (tertiary/aromatic N) is 1. The lowest BCUT2D eigenvalue weighted by atomic mass is 10.2. The smallest absolute Gasteiger partial charge is 0.355 e. The minimum absolute atomic E-state index is 0.0627. The molecule has 0 aliphatic heterocycles. The summed E-state index contributed by atoms with van der Waals surface area (Å²) in [7, 11) is -3.82. The lowest BCUT2D eigenvalue weighted by molar-refractivity contribution is -0.119. The fourth-order valence-electron chi connectivity index (χ4n) is 3.14. The maximum Gasteiger partial charge on any atom is 0.355 e. The van der Waals surface area contributed by atoms with E-state index >= 15 is 0 Å². The summed E-state index contributed by atoms with van der Waals surface area (Å²) in [5.74, 6) is -0.956. The number of thiophene rings is 1. The normalized spacial score (nSPS) is 11.6. The van der Waals surface area contributed by atoms with Gasteiger partial charge in [0.15, 0.2) is 0 Å². The van der Waals surface area contributed by atoms with Gasteiger partial charge in [-0.25, -0.2) is 23.4 Å². The summed E-state index contributed by atoms with van der Waals surface area (Å²) in [5.41, 5.74) is 3.72. The molecule has 4 aromatic rings. The van der Waals surface area contributed by atoms with Crippen LogP contribution in [0.1, 0.15) is 20.8 Å². The second-order valence-corrected chi connectivity index (χ2v) is 10.8. The van der Waals surface area contributed by atoms with Crippen molar-refractivity contribution in [2.24, 2.45) is 5.10 Å². The number of halogens is 1. The fraction of sp³-hybridized carbons (Fsp3) is 0.0800. The number of carbonyl (C=O) groups is 2. The molecule has 0 saturated carbocycles. The Morgan fingerprint density at radius 2 is 1.81 bits per heavy atom. The summed E-state index contributed by atoms with van der Waals surface area (Å²) < 4.78 is 33.1. The van der Waals surface area contributed by atoms with E-state index in [0.717, 1.165) is 15.6 Å². The molecule has 0 atom stereocenters. The zero-order chi connectivity index (χ0) is 25.7. The van der Waals surface area contributed by atoms with Gasteiger partial charge in [0.25, 0.3) is 5.91 Å². The van der Waals surface area contributed by atoms with Crippen molar-refractivity contribution in [3.8, 4) is 5.75 Å². The van der Waals surface area contributed by atoms with E-state index in [4.69, 9.17) is 16.3 Å². The van der Waals surface area contributed by atoms with Gasteiger partial charge in [0.2, 0.25) is 10.0 Å². The monoisotopic (exact) mass is 541 g/mol. The number of hydrogen-bond acceptors (Lipinski definition) is 7. The lowest BCUT2D eigenvalue weighted by Crippen LogP contribution is -2.34. The number of nitrogens with one attached hydrogen (secondary N) is 2. The number of rotatable bonds is 8. The first-order chi connectivity index (χ1) is 17.2. The van der Waals surface area contributed by atoms with Crippen LogP contribution in [0.2, 0.25) is 5.02 Å². The molecular weight excluding hydrogens is 522 g/mol. The minimum Gasteiger partial charge on any atom is -0.422 e. The summed E-state index contributed by atoms with van der Waals surface area (Å²) in [6.45, 7) is 1.36. The van der Waals surface area contributed by atoms with Crippen LogP contribution in [0.5, 0.6) is 5.75 Å². The van der Waals surface area contributed by atoms with Gasteiger partial charge >= 0.3 is 5.97 Å². The molecule has 0 radical (unpaired) electrons. The second-order valence-electron chi connectivity index (χ2n) is 7.63. The first kappa shape index (κ1) is 25.5. The summed E-state index contributed by atoms with van der Waals surface area (Å²) in [6, 6.07) is 20.2. The maximum absolute atomic E-state index is 12.6. The molecule has 0 saturated heterocycles. The molecule has 1 heterocycles. The van der Waals surface area contributed by atoms with E-state index in [1.54, 1.807) is 36.4 Å². The Morgan fingerprint density at radius 1 is 1.06 bits per heavy atom. The molecule has 184 valence electrons. The van der Waals surface area contributed by atoms with E-state index in [2.05, 4.69) is 15.2 Å². The topological polar surface area (TPSA) is 114 Å². The molecule has 0 unspecified atom stereocenters. The number of ether oxygens (including phenoxy) is 1. The van der Waals surface area contributed by atoms with Crippen molar-refractivity contribution in [3.05, 3.63) is 93.8 Å². The van der Waals surface area contributed by atoms with Crippen LogP contribution in [0.4, 0.5) is 0 Å². The number of hydrazone groups is 1. The van der Waals surface area contributed by atoms with E-state index in [9.17, 15) is 18.0 Å². The first-order valence-corrected chi connectivity index (χ1v) is 13.3. The predicted octanol–water partition coefficient (Wildman–Crippen LogP) is 4.51. The largest absolute Gasteiger partial charge is 0.422 e. The average Bonchev–Trinajstić information content (AvgIpc) is 3.20. The molecule has 4 rings (SSSR count). The number of sulfonamides is 1. The fourth-order valence-corrected chi connectivity index (χ4v) is 5.50. The molecule has 8 nitrogen and oxygen atoms in total. The number of amides is 1. The Hall–Kier alpha value is -3.57. The molecule has 0 aliphatic rings. The highest BCUT2D eigenvalue weighted by atomic mass is 35.5. The number of benzene rings is 3. The zero-order valence-corrected chi connectivity index (χ0v) is 21.3. The average molecular weight is 542 g/mol. The minimum atomic E-state index is -3.82. The molecule has 36 heavy (non-hydrogen) atoms. The van der Waals surface area contributed by atoms with Crippen LogP contribution in [-0.2, 0) is 14.8 Å². The van der Waals surface area contributed by atoms with Gasteiger partial charge in [0.1, 0.15) is 10.6 Å². The first-order valence-electron chi connectivity index (χ1n) is 10.6. The van der Waals surface area contributed by atoms with Gasteiger partial charge in [-0.2, -0.15) is 5.10 Å². The summed E-state index contributed by atoms with van der Waals surface area (Å²) in [5, 5.41) is 4.96. The van der Waals surface area contributed by atoms with Gasteiger partial charge in [0.05, 0.1) is 22.7 Å². The number of esters is 1. The zero-order valence-electron chi connectivity index (χ0n) is 18.9. The SMILES string of the molecule is Cc1ccc(S(=O)(=O)NCC(=O)N/N=C\c2cccc(OC(=O)c3sc4ccccc4c3Cl)c2)cc1. The van der Waals surface area contributed by atoms with Crippen LogP contribution >= 0.6 is 22.9 Å². The Bertz CT molecular complexity index is 1560. The Labute approximate surface area is 216 Å². The van der Waals surface area contributed by atoms with Crippen LogP contribution in [0.3, 0.4) is 0 Å². The molecule has 1 amide bonds. The molecule has 3 aromatic carbocycles. The highest BCUT2D eigenvalue weighted by Gasteiger charge is 2.19. The molecule has 0 bridgehead atoms. The van der Waals surface area contributed by atoms with Crippen molar-refractivity contribution in [2.45, 2.75) is 11.8 Å². The van der Waals surface area contributed by atoms with Crippen molar-refractivity contribution in [2.75, 3.05) is 6.54 Å². The molecule has 2 N–H and O–H groups in total. The number of fused-ring (bicyclic) bond motifs is 1. The van der Waals surface area contributed by atoms with Crippen molar-refractivity contribution in [1.82, 2.24) is 10.1 Å². The van der Waals surface area contributed by atoms with E-state index < -0.39 is 28.4 Å². The van der Waals surface area contributed by atoms with Gasteiger partial charge < -0.3 is 4.74 Å². The van der Waals surface area contributed by atoms with Crippen LogP contribution in [0, 0.1) is 6.92 Å². The second kappa shape index (κ2) is 11.0. The molecule has 0 fully saturated rings. The molecule has 1 aromatic heterocycles. The van der Waals surface area contributed by atoms with Crippen LogP contribution in [0.25, 0.3) is 10.1 Å². The molecule has 11 heteroatoms. The summed E-state index contributed by atoms with van der Waals surface area (Å²) in [6.07, 6.45) is 1.34. The highest BCUT2D eigenvalue weighted by Crippen LogP contribution is 2.35. The van der Waals surface area contributed by atoms with E-state index in [1.165, 1.54) is 29.7 Å². The quantitative estimate of drug-likeness (QED) is 0.147. The molecular formula is C25H20ClN3O5S2. The third kappa shape index (κ3) is 6.16. The molecule has 0 spiro atoms. The predicted molar refractivity (Wildman–Crippen MR) is 140 cm³/mol. The van der Waals surface area contributed by atoms with Crippen molar-refractivity contribution < 1.29 is 22.7 Å². The van der Waals surface area contributed by atoms with Crippen LogP contribution in [0.15, 0.2) is 82.8 Å². The highest BCUT2D eigenvalue weighted by molar-refractivity contribution is 7.89. The standard InChI is InChI=1S/C25H20ClN3O5S2/c1-16-9-11-19(12-10-16)36(32,33)28-15-22(30)29-27-14-17-5-4-6-18(13-17)34-25(31)24-23(26)20-7-2-3-8-21(20)35-24/h2-14,28H,15H2,1H3,(H,29,30)/b27-14-. The van der Waals surface area contributed by atoms with Gasteiger partial charge in [-0.05, 0) is 42.8 Å². The summed E-state index contributed by atoms with van der Waals surface area (Å²) >= 11 is 7.60. The Kier molecular flexibility index (Phi) is 7.80. The van der Waals surface area contributed by atoms with Crippen molar-refractivity contribution >= 4 is 61.1 Å². The van der Waals surface area contributed by atoms with E-state index in [-0.39, 0.29) is 10.6 Å². The van der Waals surface area contributed by atoms with Gasteiger partial charge in [-0.1, -0.05) is 59.6 Å². The Balaban J connectivity index is 1.33. The Morgan fingerprint density at radius 3 is 2.56 bits per heavy atom. The van der Waals surface area contributed by atoms with E-state index in [1.807, 2.05) is 31.2 Å². The van der Waals surface area contributed by atoms with Gasteiger partial charge in [-0.3, -0.25) is 4.79 Å². The number of carbonyl (C=O) groups excluding carboxylic acids is 2. The summed E-state index contributed by atoms with van der Waals surface area (Å²) in [4.78, 5) is 25.0. The van der Waals surface area contributed by atoms with Crippen molar-refractivity contribution in [1.29, 1.82) is 0 Å². The number of hydrogen-bond donors (Lipinski definition) is 2. The van der Waals surface area contributed by atoms with Crippen LogP contribution < -0.4 is 14.9 Å². The third-order valence-electron chi connectivity index (χ3n) is 4.95. The van der Waals surface area contributed by atoms with Gasteiger partial charge in [-0.15, -0.1) is 11.3 Å².